The van der Waals surface area contributed by atoms with Crippen LogP contribution in [-0.2, 0) is 30.9 Å². The van der Waals surface area contributed by atoms with Crippen molar-refractivity contribution in [3.8, 4) is 0 Å². The monoisotopic (exact) mass is 434 g/mol. The first-order valence-corrected chi connectivity index (χ1v) is 11.1. The Kier molecular flexibility index (Phi) is 7.17. The second-order valence-electron chi connectivity index (χ2n) is 6.95. The van der Waals surface area contributed by atoms with Crippen LogP contribution in [0.1, 0.15) is 24.8 Å². The Morgan fingerprint density at radius 3 is 2.47 bits per heavy atom. The molecule has 7 nitrogen and oxygen atoms in total. The third-order valence-electron chi connectivity index (χ3n) is 4.82. The van der Waals surface area contributed by atoms with E-state index in [1.807, 2.05) is 0 Å². The van der Waals surface area contributed by atoms with E-state index in [-0.39, 0.29) is 23.8 Å². The van der Waals surface area contributed by atoms with Crippen LogP contribution in [0.5, 0.6) is 0 Å². The molecule has 2 aromatic carbocycles. The van der Waals surface area contributed by atoms with Crippen LogP contribution in [0.25, 0.3) is 0 Å². The normalized spacial score (nSPS) is 17.3. The van der Waals surface area contributed by atoms with Gasteiger partial charge in [-0.05, 0) is 49.1 Å². The highest BCUT2D eigenvalue weighted by Crippen LogP contribution is 2.26. The van der Waals surface area contributed by atoms with Gasteiger partial charge < -0.3 is 10.1 Å². The molecule has 1 aliphatic rings. The van der Waals surface area contributed by atoms with E-state index in [4.69, 9.17) is 4.74 Å². The molecule has 1 saturated heterocycles. The molecule has 1 fully saturated rings. The Morgan fingerprint density at radius 1 is 1.07 bits per heavy atom. The third kappa shape index (κ3) is 5.43. The number of ether oxygens (including phenoxy) is 1. The van der Waals surface area contributed by atoms with Crippen LogP contribution in [0.2, 0.25) is 0 Å². The molecule has 0 saturated carbocycles. The second-order valence-corrected chi connectivity index (χ2v) is 8.84. The molecular weight excluding hydrogens is 411 g/mol. The molecule has 9 heteroatoms. The van der Waals surface area contributed by atoms with Gasteiger partial charge in [0.15, 0.2) is 6.61 Å². The largest absolute Gasteiger partial charge is 0.454 e. The molecule has 0 radical (unpaired) electrons. The smallest absolute Gasteiger partial charge is 0.324 e. The maximum Gasteiger partial charge on any atom is 0.324 e. The lowest BCUT2D eigenvalue weighted by atomic mass is 10.1. The number of piperidine rings is 1. The van der Waals surface area contributed by atoms with E-state index < -0.39 is 34.5 Å². The summed E-state index contributed by atoms with van der Waals surface area (Å²) in [6.45, 7) is -0.141. The summed E-state index contributed by atoms with van der Waals surface area (Å²) in [4.78, 5) is 24.6. The standard InChI is InChI=1S/C21H23FN2O5S/c22-17-11-9-16(10-12-17)14-23-20(25)15-29-21(26)19-8-4-5-13-24(19)30(27,28)18-6-2-1-3-7-18/h1-3,6-7,9-12,19H,4-5,8,13-15H2,(H,23,25)/t19-/m1/s1. The van der Waals surface area contributed by atoms with Crippen LogP contribution < -0.4 is 5.32 Å². The lowest BCUT2D eigenvalue weighted by molar-refractivity contribution is -0.153. The number of halogens is 1. The summed E-state index contributed by atoms with van der Waals surface area (Å²) in [5.41, 5.74) is 0.698. The first-order chi connectivity index (χ1) is 14.4. The van der Waals surface area contributed by atoms with Crippen molar-refractivity contribution in [1.82, 2.24) is 9.62 Å². The van der Waals surface area contributed by atoms with E-state index >= 15 is 0 Å². The summed E-state index contributed by atoms with van der Waals surface area (Å²) in [5, 5.41) is 2.57. The third-order valence-corrected chi connectivity index (χ3v) is 6.75. The SMILES string of the molecule is O=C(COC(=O)[C@H]1CCCCN1S(=O)(=O)c1ccccc1)NCc1ccc(F)cc1. The molecule has 160 valence electrons. The highest BCUT2D eigenvalue weighted by Gasteiger charge is 2.38. The minimum Gasteiger partial charge on any atom is -0.454 e. The van der Waals surface area contributed by atoms with Gasteiger partial charge in [0, 0.05) is 13.1 Å². The number of hydrogen-bond acceptors (Lipinski definition) is 5. The molecular formula is C21H23FN2O5S. The van der Waals surface area contributed by atoms with Gasteiger partial charge in [0.1, 0.15) is 11.9 Å². The number of nitrogens with one attached hydrogen (secondary N) is 1. The Balaban J connectivity index is 1.57. The van der Waals surface area contributed by atoms with Gasteiger partial charge in [-0.1, -0.05) is 30.3 Å². The fourth-order valence-electron chi connectivity index (χ4n) is 3.24. The highest BCUT2D eigenvalue weighted by molar-refractivity contribution is 7.89. The van der Waals surface area contributed by atoms with Crippen LogP contribution >= 0.6 is 0 Å². The summed E-state index contributed by atoms with van der Waals surface area (Å²) in [6, 6.07) is 12.6. The number of hydrogen-bond donors (Lipinski definition) is 1. The fraction of sp³-hybridized carbons (Fsp3) is 0.333. The topological polar surface area (TPSA) is 92.8 Å². The molecule has 1 aliphatic heterocycles. The average Bonchev–Trinajstić information content (AvgIpc) is 2.77. The van der Waals surface area contributed by atoms with Gasteiger partial charge in [-0.2, -0.15) is 4.31 Å². The molecule has 1 amide bonds. The van der Waals surface area contributed by atoms with Gasteiger partial charge >= 0.3 is 5.97 Å². The lowest BCUT2D eigenvalue weighted by Gasteiger charge is -2.32. The van der Waals surface area contributed by atoms with Gasteiger partial charge in [-0.25, -0.2) is 12.8 Å². The number of amides is 1. The van der Waals surface area contributed by atoms with Crippen LogP contribution in [0.4, 0.5) is 4.39 Å². The van der Waals surface area contributed by atoms with Crippen molar-refractivity contribution in [3.05, 3.63) is 66.0 Å². The fourth-order valence-corrected chi connectivity index (χ4v) is 4.91. The summed E-state index contributed by atoms with van der Waals surface area (Å²) >= 11 is 0. The molecule has 0 unspecified atom stereocenters. The quantitative estimate of drug-likeness (QED) is 0.675. The van der Waals surface area contributed by atoms with Crippen LogP contribution in [0.15, 0.2) is 59.5 Å². The van der Waals surface area contributed by atoms with E-state index in [0.29, 0.717) is 24.8 Å². The van der Waals surface area contributed by atoms with Gasteiger partial charge in [0.05, 0.1) is 4.90 Å². The minimum absolute atomic E-state index is 0.113. The molecule has 1 heterocycles. The predicted octanol–water partition coefficient (Wildman–Crippen LogP) is 2.23. The maximum atomic E-state index is 12.9. The minimum atomic E-state index is -3.84. The maximum absolute atomic E-state index is 12.9. The number of benzene rings is 2. The van der Waals surface area contributed by atoms with Crippen LogP contribution in [0.3, 0.4) is 0 Å². The van der Waals surface area contributed by atoms with Crippen molar-refractivity contribution in [2.24, 2.45) is 0 Å². The average molecular weight is 434 g/mol. The zero-order valence-electron chi connectivity index (χ0n) is 16.3. The van der Waals surface area contributed by atoms with Gasteiger partial charge in [-0.15, -0.1) is 0 Å². The van der Waals surface area contributed by atoms with Gasteiger partial charge in [-0.3, -0.25) is 9.59 Å². The summed E-state index contributed by atoms with van der Waals surface area (Å²) in [7, 11) is -3.84. The molecule has 0 aliphatic carbocycles. The van der Waals surface area contributed by atoms with Crippen molar-refractivity contribution >= 4 is 21.9 Å². The van der Waals surface area contributed by atoms with Crippen molar-refractivity contribution in [2.45, 2.75) is 36.7 Å². The first-order valence-electron chi connectivity index (χ1n) is 9.62. The number of sulfonamides is 1. The molecule has 2 aromatic rings. The highest BCUT2D eigenvalue weighted by atomic mass is 32.2. The van der Waals surface area contributed by atoms with Crippen molar-refractivity contribution in [3.63, 3.8) is 0 Å². The van der Waals surface area contributed by atoms with Crippen molar-refractivity contribution < 1.29 is 27.1 Å². The number of carbonyl (C=O) groups is 2. The van der Waals surface area contributed by atoms with Crippen LogP contribution in [0, 0.1) is 5.82 Å². The number of esters is 1. The van der Waals surface area contributed by atoms with E-state index in [2.05, 4.69) is 5.32 Å². The van der Waals surface area contributed by atoms with E-state index in [1.165, 1.54) is 36.4 Å². The van der Waals surface area contributed by atoms with Gasteiger partial charge in [0.25, 0.3) is 5.91 Å². The lowest BCUT2D eigenvalue weighted by Crippen LogP contribution is -2.49. The van der Waals surface area contributed by atoms with E-state index in [9.17, 15) is 22.4 Å². The predicted molar refractivity (Wildman–Crippen MR) is 107 cm³/mol. The van der Waals surface area contributed by atoms with Crippen molar-refractivity contribution in [1.29, 1.82) is 0 Å². The molecule has 0 spiro atoms. The zero-order chi connectivity index (χ0) is 21.6. The molecule has 30 heavy (non-hydrogen) atoms. The Hall–Kier alpha value is -2.78. The number of rotatable bonds is 7. The zero-order valence-corrected chi connectivity index (χ0v) is 17.1. The van der Waals surface area contributed by atoms with Gasteiger partial charge in [0.2, 0.25) is 10.0 Å². The summed E-state index contributed by atoms with van der Waals surface area (Å²) < 4.78 is 45.0. The molecule has 0 aromatic heterocycles. The van der Waals surface area contributed by atoms with Crippen molar-refractivity contribution in [2.75, 3.05) is 13.2 Å². The summed E-state index contributed by atoms with van der Waals surface area (Å²) in [6.07, 6.45) is 1.67. The van der Waals surface area contributed by atoms with E-state index in [0.717, 1.165) is 4.31 Å². The Bertz CT molecular complexity index is 980. The first kappa shape index (κ1) is 21.9. The molecule has 3 rings (SSSR count). The van der Waals surface area contributed by atoms with Crippen LogP contribution in [-0.4, -0.2) is 43.8 Å². The molecule has 1 atom stereocenters. The molecule has 0 bridgehead atoms. The molecule has 1 N–H and O–H groups in total. The second kappa shape index (κ2) is 9.82. The number of nitrogens with zero attached hydrogens (tertiary/aromatic N) is 1. The van der Waals surface area contributed by atoms with E-state index in [1.54, 1.807) is 18.2 Å². The number of carbonyl (C=O) groups excluding carboxylic acids is 2. The Morgan fingerprint density at radius 2 is 1.77 bits per heavy atom. The Labute approximate surface area is 174 Å². The summed E-state index contributed by atoms with van der Waals surface area (Å²) in [5.74, 6) is -1.64.